The van der Waals surface area contributed by atoms with Crippen molar-refractivity contribution in [3.63, 3.8) is 0 Å². The highest BCUT2D eigenvalue weighted by Crippen LogP contribution is 2.44. The fourth-order valence-electron chi connectivity index (χ4n) is 2.67. The molecule has 0 heterocycles. The summed E-state index contributed by atoms with van der Waals surface area (Å²) in [6.45, 7) is 9.63. The van der Waals surface area contributed by atoms with Crippen molar-refractivity contribution < 1.29 is 36.6 Å². The van der Waals surface area contributed by atoms with E-state index in [0.717, 1.165) is 11.1 Å². The fourth-order valence-corrected chi connectivity index (χ4v) is 2.67. The van der Waals surface area contributed by atoms with Gasteiger partial charge in [-0.3, -0.25) is 0 Å². The average molecular weight is 501 g/mol. The van der Waals surface area contributed by atoms with Gasteiger partial charge in [0, 0.05) is 0 Å². The zero-order chi connectivity index (χ0) is 27.4. The predicted octanol–water partition coefficient (Wildman–Crippen LogP) is 7.46. The third-order valence-electron chi connectivity index (χ3n) is 4.83. The summed E-state index contributed by atoms with van der Waals surface area (Å²) in [5.41, 5.74) is -5.33. The number of esters is 2. The minimum atomic E-state index is -4.64. The van der Waals surface area contributed by atoms with E-state index in [-0.39, 0.29) is 11.1 Å². The molecule has 2 atom stereocenters. The van der Waals surface area contributed by atoms with E-state index in [1.807, 2.05) is 27.7 Å². The third-order valence-corrected chi connectivity index (χ3v) is 4.83. The molecule has 0 aliphatic rings. The first-order chi connectivity index (χ1) is 16.3. The summed E-state index contributed by atoms with van der Waals surface area (Å²) in [6, 6.07) is 12.0. The third kappa shape index (κ3) is 8.67. The van der Waals surface area contributed by atoms with Crippen LogP contribution >= 0.6 is 0 Å². The first-order valence-corrected chi connectivity index (χ1v) is 11.5. The molecule has 2 unspecified atom stereocenters. The van der Waals surface area contributed by atoms with Gasteiger partial charge in [-0.05, 0) is 52.0 Å². The van der Waals surface area contributed by atoms with Gasteiger partial charge < -0.3 is 9.47 Å². The maximum absolute atomic E-state index is 14.8. The molecule has 0 bridgehead atoms. The predicted molar refractivity (Wildman–Crippen MR) is 130 cm³/mol. The van der Waals surface area contributed by atoms with Crippen LogP contribution in [-0.4, -0.2) is 42.4 Å². The van der Waals surface area contributed by atoms with Crippen molar-refractivity contribution in [3.8, 4) is 0 Å². The standard InChI is InChI=1S/C23H24F4O4.2C2H6/c1-15-5-9-17(10-6-15)19(28)30-13-21(3,24)23(26,27)22(4,25)14-31-20(29)18-11-7-16(2)8-12-18;2*1-2/h5-12H,13-14H2,1-4H3;2*1-2H3. The van der Waals surface area contributed by atoms with Gasteiger partial charge in [0.2, 0.25) is 11.3 Å². The Morgan fingerprint density at radius 2 is 0.886 bits per heavy atom. The molecule has 4 nitrogen and oxygen atoms in total. The molecule has 2 aromatic rings. The number of halogens is 4. The van der Waals surface area contributed by atoms with E-state index < -0.39 is 42.4 Å². The zero-order valence-electron chi connectivity index (χ0n) is 21.7. The minimum Gasteiger partial charge on any atom is -0.458 e. The highest BCUT2D eigenvalue weighted by molar-refractivity contribution is 5.89. The normalized spacial score (nSPS) is 14.1. The molecule has 0 saturated heterocycles. The SMILES string of the molecule is CC.CC.Cc1ccc(C(=O)OCC(C)(F)C(F)(F)C(C)(F)COC(=O)c2ccc(C)cc2)cc1. The molecule has 0 N–H and O–H groups in total. The van der Waals surface area contributed by atoms with Crippen LogP contribution < -0.4 is 0 Å². The zero-order valence-corrected chi connectivity index (χ0v) is 21.7. The number of carbonyl (C=O) groups is 2. The monoisotopic (exact) mass is 500 g/mol. The first kappa shape index (κ1) is 32.1. The van der Waals surface area contributed by atoms with E-state index in [4.69, 9.17) is 0 Å². The maximum atomic E-state index is 14.8. The molecule has 0 aliphatic heterocycles. The summed E-state index contributed by atoms with van der Waals surface area (Å²) < 4.78 is 68.2. The fraction of sp³-hybridized carbons (Fsp3) is 0.481. The van der Waals surface area contributed by atoms with E-state index in [0.29, 0.717) is 13.8 Å². The second-order valence-corrected chi connectivity index (χ2v) is 7.85. The number of benzene rings is 2. The van der Waals surface area contributed by atoms with Crippen molar-refractivity contribution in [2.45, 2.75) is 72.6 Å². The molecule has 2 aromatic carbocycles. The quantitative estimate of drug-likeness (QED) is 0.279. The molecule has 0 aromatic heterocycles. The lowest BCUT2D eigenvalue weighted by Gasteiger charge is -2.37. The Kier molecular flexibility index (Phi) is 12.7. The first-order valence-electron chi connectivity index (χ1n) is 11.5. The molecule has 0 spiro atoms. The second kappa shape index (κ2) is 13.9. The summed E-state index contributed by atoms with van der Waals surface area (Å²) in [4.78, 5) is 24.0. The second-order valence-electron chi connectivity index (χ2n) is 7.85. The highest BCUT2D eigenvalue weighted by Gasteiger charge is 2.65. The van der Waals surface area contributed by atoms with Gasteiger partial charge in [0.25, 0.3) is 0 Å². The molecule has 35 heavy (non-hydrogen) atoms. The summed E-state index contributed by atoms with van der Waals surface area (Å²) >= 11 is 0. The Labute approximate surface area is 205 Å². The number of alkyl halides is 4. The van der Waals surface area contributed by atoms with Crippen LogP contribution in [0.3, 0.4) is 0 Å². The molecule has 2 rings (SSSR count). The molecule has 8 heteroatoms. The van der Waals surface area contributed by atoms with Crippen molar-refractivity contribution in [1.29, 1.82) is 0 Å². The van der Waals surface area contributed by atoms with E-state index in [1.165, 1.54) is 24.3 Å². The van der Waals surface area contributed by atoms with Gasteiger partial charge >= 0.3 is 17.9 Å². The van der Waals surface area contributed by atoms with Crippen LogP contribution in [0.4, 0.5) is 17.6 Å². The van der Waals surface area contributed by atoms with E-state index >= 15 is 0 Å². The molecule has 0 aliphatic carbocycles. The van der Waals surface area contributed by atoms with Gasteiger partial charge in [0.1, 0.15) is 13.2 Å². The topological polar surface area (TPSA) is 52.6 Å². The molecule has 0 fully saturated rings. The average Bonchev–Trinajstić information content (AvgIpc) is 2.84. The Morgan fingerprint density at radius 1 is 0.629 bits per heavy atom. The van der Waals surface area contributed by atoms with E-state index in [1.54, 1.807) is 38.1 Å². The summed E-state index contributed by atoms with van der Waals surface area (Å²) in [6.07, 6.45) is 0. The Morgan fingerprint density at radius 3 is 1.14 bits per heavy atom. The van der Waals surface area contributed by atoms with Crippen LogP contribution in [0.15, 0.2) is 48.5 Å². The maximum Gasteiger partial charge on any atom is 0.338 e. The molecule has 0 saturated carbocycles. The van der Waals surface area contributed by atoms with Crippen LogP contribution in [0.2, 0.25) is 0 Å². The Hall–Kier alpha value is -2.90. The highest BCUT2D eigenvalue weighted by atomic mass is 19.3. The number of carbonyl (C=O) groups excluding carboxylic acids is 2. The number of hydrogen-bond acceptors (Lipinski definition) is 4. The van der Waals surface area contributed by atoms with Crippen molar-refractivity contribution >= 4 is 11.9 Å². The van der Waals surface area contributed by atoms with Gasteiger partial charge in [0.15, 0.2) is 0 Å². The molecular formula is C27H36F4O4. The number of rotatable bonds is 8. The summed E-state index contributed by atoms with van der Waals surface area (Å²) in [5.74, 6) is -6.68. The van der Waals surface area contributed by atoms with E-state index in [2.05, 4.69) is 9.47 Å². The van der Waals surface area contributed by atoms with Gasteiger partial charge in [-0.1, -0.05) is 63.1 Å². The smallest absolute Gasteiger partial charge is 0.338 e. The summed E-state index contributed by atoms with van der Waals surface area (Å²) in [7, 11) is 0. The largest absolute Gasteiger partial charge is 0.458 e. The Bertz CT molecular complexity index is 846. The van der Waals surface area contributed by atoms with Crippen molar-refractivity contribution in [2.24, 2.45) is 0 Å². The van der Waals surface area contributed by atoms with Crippen LogP contribution in [0.5, 0.6) is 0 Å². The van der Waals surface area contributed by atoms with Crippen LogP contribution in [0.25, 0.3) is 0 Å². The van der Waals surface area contributed by atoms with Gasteiger partial charge in [-0.15, -0.1) is 0 Å². The van der Waals surface area contributed by atoms with Gasteiger partial charge in [-0.25, -0.2) is 18.4 Å². The lowest BCUT2D eigenvalue weighted by Crippen LogP contribution is -2.59. The van der Waals surface area contributed by atoms with Crippen molar-refractivity contribution in [3.05, 3.63) is 70.8 Å². The van der Waals surface area contributed by atoms with E-state index in [9.17, 15) is 27.2 Å². The van der Waals surface area contributed by atoms with Crippen molar-refractivity contribution in [1.82, 2.24) is 0 Å². The lowest BCUT2D eigenvalue weighted by molar-refractivity contribution is -0.231. The van der Waals surface area contributed by atoms with Gasteiger partial charge in [0.05, 0.1) is 11.1 Å². The van der Waals surface area contributed by atoms with Crippen LogP contribution in [-0.2, 0) is 9.47 Å². The number of aryl methyl sites for hydroxylation is 2. The van der Waals surface area contributed by atoms with Crippen LogP contribution in [0.1, 0.15) is 73.4 Å². The number of ether oxygens (including phenoxy) is 2. The van der Waals surface area contributed by atoms with Gasteiger partial charge in [-0.2, -0.15) is 8.78 Å². The minimum absolute atomic E-state index is 0.0414. The Balaban J connectivity index is 0.00000274. The molecule has 196 valence electrons. The molecule has 0 radical (unpaired) electrons. The summed E-state index contributed by atoms with van der Waals surface area (Å²) in [5, 5.41) is 0. The number of hydrogen-bond donors (Lipinski definition) is 0. The van der Waals surface area contributed by atoms with Crippen molar-refractivity contribution in [2.75, 3.05) is 13.2 Å². The lowest BCUT2D eigenvalue weighted by atomic mass is 9.88. The van der Waals surface area contributed by atoms with Crippen LogP contribution in [0, 0.1) is 13.8 Å². The molecular weight excluding hydrogens is 464 g/mol. The molecule has 0 amide bonds.